The van der Waals surface area contributed by atoms with E-state index < -0.39 is 0 Å². The number of benzene rings is 1. The van der Waals surface area contributed by atoms with Gasteiger partial charge in [-0.1, -0.05) is 37.2 Å². The van der Waals surface area contributed by atoms with Gasteiger partial charge in [0.1, 0.15) is 17.3 Å². The lowest BCUT2D eigenvalue weighted by molar-refractivity contribution is 0.0382. The summed E-state index contributed by atoms with van der Waals surface area (Å²) in [6, 6.07) is 7.56. The molecule has 1 fully saturated rings. The van der Waals surface area contributed by atoms with E-state index in [4.69, 9.17) is 27.4 Å². The Kier molecular flexibility index (Phi) is 4.96. The lowest BCUT2D eigenvalue weighted by atomic mass is 10.2. The van der Waals surface area contributed by atoms with Crippen LogP contribution in [0, 0.1) is 0 Å². The maximum atomic E-state index is 5.74. The van der Waals surface area contributed by atoms with Gasteiger partial charge in [0.05, 0.1) is 18.3 Å². The molecular formula is C14H19NO2S. The summed E-state index contributed by atoms with van der Waals surface area (Å²) in [4.78, 5) is 0.363. The number of rotatable bonds is 6. The van der Waals surface area contributed by atoms with Gasteiger partial charge in [-0.15, -0.1) is 0 Å². The highest BCUT2D eigenvalue weighted by molar-refractivity contribution is 7.80. The molecule has 0 atom stereocenters. The molecule has 0 unspecified atom stereocenters. The molecule has 1 aromatic rings. The molecule has 0 aromatic heterocycles. The van der Waals surface area contributed by atoms with Crippen molar-refractivity contribution in [2.24, 2.45) is 5.73 Å². The minimum absolute atomic E-state index is 0.363. The van der Waals surface area contributed by atoms with Gasteiger partial charge in [-0.3, -0.25) is 0 Å². The minimum atomic E-state index is 0.363. The Morgan fingerprint density at radius 2 is 1.94 bits per heavy atom. The summed E-state index contributed by atoms with van der Waals surface area (Å²) in [5.41, 5.74) is 6.42. The van der Waals surface area contributed by atoms with E-state index in [1.807, 2.05) is 24.3 Å². The predicted molar refractivity (Wildman–Crippen MR) is 76.0 cm³/mol. The predicted octanol–water partition coefficient (Wildman–Crippen LogP) is 2.66. The topological polar surface area (TPSA) is 44.5 Å². The van der Waals surface area contributed by atoms with E-state index in [9.17, 15) is 0 Å². The van der Waals surface area contributed by atoms with Gasteiger partial charge in [-0.25, -0.2) is 0 Å². The van der Waals surface area contributed by atoms with E-state index in [0.717, 1.165) is 11.3 Å². The molecule has 0 bridgehead atoms. The number of para-hydroxylation sites is 1. The molecule has 1 aliphatic carbocycles. The van der Waals surface area contributed by atoms with Crippen molar-refractivity contribution in [3.63, 3.8) is 0 Å². The van der Waals surface area contributed by atoms with Crippen LogP contribution in [0.3, 0.4) is 0 Å². The van der Waals surface area contributed by atoms with Crippen LogP contribution in [0.1, 0.15) is 31.2 Å². The van der Waals surface area contributed by atoms with Gasteiger partial charge in [-0.2, -0.15) is 0 Å². The average molecular weight is 265 g/mol. The number of ether oxygens (including phenoxy) is 2. The summed E-state index contributed by atoms with van der Waals surface area (Å²) in [5, 5.41) is 0. The minimum Gasteiger partial charge on any atom is -0.490 e. The van der Waals surface area contributed by atoms with Crippen LogP contribution in [-0.4, -0.2) is 24.3 Å². The molecule has 3 nitrogen and oxygen atoms in total. The molecule has 1 aliphatic rings. The van der Waals surface area contributed by atoms with E-state index in [-0.39, 0.29) is 0 Å². The molecule has 0 radical (unpaired) electrons. The molecule has 2 N–H and O–H groups in total. The highest BCUT2D eigenvalue weighted by Gasteiger charge is 2.15. The zero-order valence-electron chi connectivity index (χ0n) is 10.4. The van der Waals surface area contributed by atoms with E-state index in [0.29, 0.717) is 24.3 Å². The first-order valence-corrected chi connectivity index (χ1v) is 6.81. The summed E-state index contributed by atoms with van der Waals surface area (Å²) in [5.74, 6) is 0.736. The Morgan fingerprint density at radius 1 is 1.22 bits per heavy atom. The summed E-state index contributed by atoms with van der Waals surface area (Å²) in [7, 11) is 0. The van der Waals surface area contributed by atoms with Crippen molar-refractivity contribution in [1.82, 2.24) is 0 Å². The third kappa shape index (κ3) is 3.68. The van der Waals surface area contributed by atoms with Crippen molar-refractivity contribution in [3.05, 3.63) is 29.8 Å². The number of thiocarbonyl (C=S) groups is 1. The second-order valence-corrected chi connectivity index (χ2v) is 4.93. The summed E-state index contributed by atoms with van der Waals surface area (Å²) in [6.07, 6.45) is 5.37. The molecule has 0 aliphatic heterocycles. The fourth-order valence-electron chi connectivity index (χ4n) is 2.22. The standard InChI is InChI=1S/C14H19NO2S/c15-14(18)12-7-3-4-8-13(12)17-10-9-16-11-5-1-2-6-11/h3-4,7-8,11H,1-2,5-6,9-10H2,(H2,15,18). The average Bonchev–Trinajstić information content (AvgIpc) is 2.88. The third-order valence-corrected chi connectivity index (χ3v) is 3.37. The van der Waals surface area contributed by atoms with E-state index in [2.05, 4.69) is 0 Å². The van der Waals surface area contributed by atoms with Crippen LogP contribution in [0.25, 0.3) is 0 Å². The zero-order valence-corrected chi connectivity index (χ0v) is 11.2. The van der Waals surface area contributed by atoms with Crippen LogP contribution in [0.5, 0.6) is 5.75 Å². The number of hydrogen-bond donors (Lipinski definition) is 1. The lowest BCUT2D eigenvalue weighted by Gasteiger charge is -2.13. The van der Waals surface area contributed by atoms with Crippen molar-refractivity contribution in [1.29, 1.82) is 0 Å². The second kappa shape index (κ2) is 6.71. The van der Waals surface area contributed by atoms with E-state index >= 15 is 0 Å². The van der Waals surface area contributed by atoms with Crippen LogP contribution < -0.4 is 10.5 Å². The van der Waals surface area contributed by atoms with Gasteiger partial charge >= 0.3 is 0 Å². The molecule has 1 saturated carbocycles. The maximum absolute atomic E-state index is 5.74. The molecule has 1 aromatic carbocycles. The van der Waals surface area contributed by atoms with E-state index in [1.165, 1.54) is 25.7 Å². The maximum Gasteiger partial charge on any atom is 0.129 e. The van der Waals surface area contributed by atoms with Crippen LogP contribution >= 0.6 is 12.2 Å². The van der Waals surface area contributed by atoms with Crippen LogP contribution in [0.4, 0.5) is 0 Å². The highest BCUT2D eigenvalue weighted by atomic mass is 32.1. The van der Waals surface area contributed by atoms with Gasteiger partial charge in [0, 0.05) is 0 Å². The Labute approximate surface area is 113 Å². The Bertz CT molecular complexity index is 403. The molecule has 18 heavy (non-hydrogen) atoms. The summed E-state index contributed by atoms with van der Waals surface area (Å²) < 4.78 is 11.4. The van der Waals surface area contributed by atoms with Crippen LogP contribution in [-0.2, 0) is 4.74 Å². The summed E-state index contributed by atoms with van der Waals surface area (Å²) in [6.45, 7) is 1.16. The quantitative estimate of drug-likeness (QED) is 0.634. The molecule has 2 rings (SSSR count). The summed E-state index contributed by atoms with van der Waals surface area (Å²) >= 11 is 4.98. The monoisotopic (exact) mass is 265 g/mol. The fraction of sp³-hybridized carbons (Fsp3) is 0.500. The van der Waals surface area contributed by atoms with Gasteiger partial charge in [0.2, 0.25) is 0 Å². The van der Waals surface area contributed by atoms with Crippen LogP contribution in [0.2, 0.25) is 0 Å². The van der Waals surface area contributed by atoms with Crippen molar-refractivity contribution in [3.8, 4) is 5.75 Å². The molecule has 0 heterocycles. The van der Waals surface area contributed by atoms with Gasteiger partial charge in [0.15, 0.2) is 0 Å². The normalized spacial score (nSPS) is 15.8. The van der Waals surface area contributed by atoms with Crippen LogP contribution in [0.15, 0.2) is 24.3 Å². The first-order chi connectivity index (χ1) is 8.77. The molecule has 98 valence electrons. The molecular weight excluding hydrogens is 246 g/mol. The molecule has 4 heteroatoms. The van der Waals surface area contributed by atoms with Crippen molar-refractivity contribution >= 4 is 17.2 Å². The van der Waals surface area contributed by atoms with Gasteiger partial charge in [0.25, 0.3) is 0 Å². The Hall–Kier alpha value is -1.13. The van der Waals surface area contributed by atoms with Gasteiger partial charge < -0.3 is 15.2 Å². The first kappa shape index (κ1) is 13.3. The highest BCUT2D eigenvalue weighted by Crippen LogP contribution is 2.21. The second-order valence-electron chi connectivity index (χ2n) is 4.49. The van der Waals surface area contributed by atoms with Gasteiger partial charge in [-0.05, 0) is 25.0 Å². The van der Waals surface area contributed by atoms with Crippen molar-refractivity contribution in [2.75, 3.05) is 13.2 Å². The molecule has 0 amide bonds. The molecule has 0 saturated heterocycles. The smallest absolute Gasteiger partial charge is 0.129 e. The number of hydrogen-bond acceptors (Lipinski definition) is 3. The fourth-order valence-corrected chi connectivity index (χ4v) is 2.39. The first-order valence-electron chi connectivity index (χ1n) is 6.40. The largest absolute Gasteiger partial charge is 0.490 e. The molecule has 0 spiro atoms. The zero-order chi connectivity index (χ0) is 12.8. The lowest BCUT2D eigenvalue weighted by Crippen LogP contribution is -2.16. The SMILES string of the molecule is NC(=S)c1ccccc1OCCOC1CCCC1. The number of nitrogens with two attached hydrogens (primary N) is 1. The third-order valence-electron chi connectivity index (χ3n) is 3.15. The Balaban J connectivity index is 1.77. The van der Waals surface area contributed by atoms with Crippen molar-refractivity contribution < 1.29 is 9.47 Å². The Morgan fingerprint density at radius 3 is 2.67 bits per heavy atom. The van der Waals surface area contributed by atoms with Crippen molar-refractivity contribution in [2.45, 2.75) is 31.8 Å². The van der Waals surface area contributed by atoms with E-state index in [1.54, 1.807) is 0 Å².